The fraction of sp³-hybridized carbons (Fsp3) is 0.462. The second kappa shape index (κ2) is 25.6. The van der Waals surface area contributed by atoms with E-state index in [1.54, 1.807) is 57.1 Å². The van der Waals surface area contributed by atoms with Crippen LogP contribution >= 0.6 is 0 Å². The van der Waals surface area contributed by atoms with Gasteiger partial charge in [0.05, 0.1) is 24.2 Å². The summed E-state index contributed by atoms with van der Waals surface area (Å²) in [6.45, 7) is 15.7. The Morgan fingerprint density at radius 3 is 1.85 bits per heavy atom. The minimum atomic E-state index is -0.976. The molecular weight excluding hydrogens is 1020 g/mol. The zero-order chi connectivity index (χ0) is 58.3. The van der Waals surface area contributed by atoms with Crippen molar-refractivity contribution in [3.8, 4) is 0 Å². The second-order valence-electron chi connectivity index (χ2n) is 24.5. The molecule has 81 heavy (non-hydrogen) atoms. The van der Waals surface area contributed by atoms with E-state index in [1.807, 2.05) is 101 Å². The number of hydrogen-bond acceptors (Lipinski definition) is 9. The number of fused-ring (bicyclic) bond motifs is 3. The van der Waals surface area contributed by atoms with Crippen molar-refractivity contribution in [2.45, 2.75) is 149 Å². The van der Waals surface area contributed by atoms with Crippen LogP contribution in [0.4, 0.5) is 0 Å². The molecule has 0 unspecified atom stereocenters. The van der Waals surface area contributed by atoms with Gasteiger partial charge in [0.1, 0.15) is 18.1 Å². The van der Waals surface area contributed by atoms with Crippen molar-refractivity contribution in [3.05, 3.63) is 154 Å². The average Bonchev–Trinajstić information content (AvgIpc) is 4.18. The molecule has 2 heterocycles. The zero-order valence-electron chi connectivity index (χ0n) is 48.9. The van der Waals surface area contributed by atoms with Crippen LogP contribution in [-0.2, 0) is 49.8 Å². The summed E-state index contributed by atoms with van der Waals surface area (Å²) < 4.78 is 0. The Bertz CT molecular complexity index is 3110. The number of nitrogens with zero attached hydrogens (tertiary/aromatic N) is 3. The lowest BCUT2D eigenvalue weighted by Crippen LogP contribution is -2.61. The molecule has 2 aliphatic heterocycles. The van der Waals surface area contributed by atoms with Crippen LogP contribution in [0.15, 0.2) is 115 Å². The maximum atomic E-state index is 15.1. The van der Waals surface area contributed by atoms with Gasteiger partial charge in [-0.3, -0.25) is 33.6 Å². The topological polar surface area (TPSA) is 201 Å². The van der Waals surface area contributed by atoms with Crippen molar-refractivity contribution in [2.75, 3.05) is 33.7 Å². The predicted molar refractivity (Wildman–Crippen MR) is 316 cm³/mol. The summed E-state index contributed by atoms with van der Waals surface area (Å²) in [5.74, 6) is -2.34. The van der Waals surface area contributed by atoms with E-state index in [4.69, 9.17) is 0 Å². The largest absolute Gasteiger partial charge is 0.347 e. The van der Waals surface area contributed by atoms with Crippen molar-refractivity contribution in [3.63, 3.8) is 0 Å². The maximum Gasteiger partial charge on any atom is 0.253 e. The maximum absolute atomic E-state index is 15.1. The van der Waals surface area contributed by atoms with Crippen molar-refractivity contribution < 1.29 is 33.6 Å². The number of carbonyl (C=O) groups excluding carboxylic acids is 7. The van der Waals surface area contributed by atoms with E-state index in [0.29, 0.717) is 31.5 Å². The Morgan fingerprint density at radius 2 is 1.21 bits per heavy atom. The highest BCUT2D eigenvalue weighted by molar-refractivity contribution is 5.99. The van der Waals surface area contributed by atoms with Gasteiger partial charge in [-0.2, -0.15) is 0 Å². The summed E-state index contributed by atoms with van der Waals surface area (Å²) in [7, 11) is 3.37. The number of benzene rings is 5. The third kappa shape index (κ3) is 14.0. The number of carbonyl (C=O) groups is 7. The SMILES string of the molecule is CN[C@@H](C)C(=O)N[C@H](C(=O)N1Cc2ccccc2C[C@H]1CN(CCc1cccc2ccccc12)C(=O)c1ccc(C(=O)N[C@H]2C[C@@H](C(=O)N[C@@H]3CCCc4ccccc43)N(C(=O)[C@@H](NC(=O)[C@H](C)NC)C(C)(C)C)C2)cc1)C(C)(C)C. The van der Waals surface area contributed by atoms with Crippen LogP contribution in [0.2, 0.25) is 0 Å². The van der Waals surface area contributed by atoms with Gasteiger partial charge in [0.2, 0.25) is 29.5 Å². The summed E-state index contributed by atoms with van der Waals surface area (Å²) in [4.78, 5) is 106. The van der Waals surface area contributed by atoms with E-state index < -0.39 is 64.9 Å². The number of likely N-dealkylation sites (N-methyl/N-ethyl adjacent to an activating group) is 2. The third-order valence-electron chi connectivity index (χ3n) is 16.6. The molecule has 0 aromatic heterocycles. The molecule has 5 aromatic carbocycles. The minimum Gasteiger partial charge on any atom is -0.347 e. The van der Waals surface area contributed by atoms with Crippen LogP contribution in [0, 0.1) is 10.8 Å². The Morgan fingerprint density at radius 1 is 0.642 bits per heavy atom. The molecule has 16 heteroatoms. The van der Waals surface area contributed by atoms with Crippen LogP contribution in [0.5, 0.6) is 0 Å². The van der Waals surface area contributed by atoms with Gasteiger partial charge in [-0.05, 0) is 140 Å². The standard InChI is InChI=1S/C65H83N9O7/c1-40(66-9)57(75)70-55(64(3,4)5)62(80)73-37-48-22-12-11-21-47(48)35-50(73)39-72(34-33-44-24-17-23-42-19-13-15-26-51(42)44)61(79)46-31-29-45(30-32-46)59(77)68-49-36-54(60(78)69-53-28-18-25-43-20-14-16-27-52(43)53)74(38-49)63(81)56(65(6,7)8)71-58(76)41(2)67-10/h11-17,19-24,26-27,29-32,40-41,49-50,53-56,66-67H,18,25,28,33-39H2,1-10H3,(H,68,77)(H,69,78)(H,70,75)(H,71,76)/t40-,41-,49-,50-,53+,54-,55+,56+/m0/s1. The lowest BCUT2D eigenvalue weighted by Gasteiger charge is -2.43. The highest BCUT2D eigenvalue weighted by Crippen LogP contribution is 2.33. The van der Waals surface area contributed by atoms with Gasteiger partial charge < -0.3 is 46.6 Å². The Labute approximate surface area is 477 Å². The van der Waals surface area contributed by atoms with Crippen molar-refractivity contribution >= 4 is 52.1 Å². The first-order chi connectivity index (χ1) is 38.6. The Balaban J connectivity index is 1.05. The molecule has 1 fully saturated rings. The van der Waals surface area contributed by atoms with Crippen molar-refractivity contribution in [2.24, 2.45) is 10.8 Å². The van der Waals surface area contributed by atoms with Crippen LogP contribution in [0.1, 0.15) is 129 Å². The molecule has 3 aliphatic rings. The fourth-order valence-electron chi connectivity index (χ4n) is 11.6. The predicted octanol–water partition coefficient (Wildman–Crippen LogP) is 6.65. The summed E-state index contributed by atoms with van der Waals surface area (Å²) >= 11 is 0. The van der Waals surface area contributed by atoms with Crippen LogP contribution in [0.3, 0.4) is 0 Å². The highest BCUT2D eigenvalue weighted by Gasteiger charge is 2.47. The number of amides is 7. The molecule has 1 aliphatic carbocycles. The number of nitrogens with one attached hydrogen (secondary N) is 6. The molecule has 7 amide bonds. The van der Waals surface area contributed by atoms with Gasteiger partial charge in [-0.1, -0.05) is 133 Å². The van der Waals surface area contributed by atoms with E-state index in [1.165, 1.54) is 10.5 Å². The number of likely N-dealkylation sites (tertiary alicyclic amines) is 1. The molecule has 430 valence electrons. The van der Waals surface area contributed by atoms with E-state index in [9.17, 15) is 24.0 Å². The van der Waals surface area contributed by atoms with E-state index >= 15 is 9.59 Å². The molecule has 8 atom stereocenters. The van der Waals surface area contributed by atoms with Gasteiger partial charge in [-0.15, -0.1) is 0 Å². The molecule has 6 N–H and O–H groups in total. The lowest BCUT2D eigenvalue weighted by atomic mass is 9.84. The summed E-state index contributed by atoms with van der Waals surface area (Å²) in [5, 5.41) is 20.4. The molecule has 5 aromatic rings. The van der Waals surface area contributed by atoms with Gasteiger partial charge >= 0.3 is 0 Å². The molecule has 8 rings (SSSR count). The first kappa shape index (κ1) is 59.7. The lowest BCUT2D eigenvalue weighted by molar-refractivity contribution is -0.144. The molecular formula is C65H83N9O7. The van der Waals surface area contributed by atoms with Crippen LogP contribution in [-0.4, -0.2) is 132 Å². The number of aryl methyl sites for hydroxylation is 1. The zero-order valence-corrected chi connectivity index (χ0v) is 48.9. The third-order valence-corrected chi connectivity index (χ3v) is 16.6. The van der Waals surface area contributed by atoms with Gasteiger partial charge in [-0.25, -0.2) is 0 Å². The molecule has 16 nitrogen and oxygen atoms in total. The van der Waals surface area contributed by atoms with Gasteiger partial charge in [0.25, 0.3) is 11.8 Å². The quantitative estimate of drug-likeness (QED) is 0.0556. The summed E-state index contributed by atoms with van der Waals surface area (Å²) in [5.41, 5.74) is 4.64. The van der Waals surface area contributed by atoms with Crippen molar-refractivity contribution in [1.29, 1.82) is 0 Å². The molecule has 0 spiro atoms. The number of rotatable bonds is 18. The summed E-state index contributed by atoms with van der Waals surface area (Å²) in [6.07, 6.45) is 3.71. The Hall–Kier alpha value is -7.43. The van der Waals surface area contributed by atoms with Crippen molar-refractivity contribution in [1.82, 2.24) is 46.6 Å². The molecule has 0 bridgehead atoms. The number of hydrogen-bond donors (Lipinski definition) is 6. The van der Waals surface area contributed by atoms with Gasteiger partial charge in [0.15, 0.2) is 0 Å². The monoisotopic (exact) mass is 1100 g/mol. The smallest absolute Gasteiger partial charge is 0.253 e. The average molecular weight is 1100 g/mol. The molecule has 1 saturated heterocycles. The van der Waals surface area contributed by atoms with E-state index in [-0.39, 0.29) is 60.7 Å². The van der Waals surface area contributed by atoms with E-state index in [2.05, 4.69) is 68.3 Å². The second-order valence-corrected chi connectivity index (χ2v) is 24.5. The minimum absolute atomic E-state index is 0.0271. The van der Waals surface area contributed by atoms with Crippen LogP contribution < -0.4 is 31.9 Å². The Kier molecular flexibility index (Phi) is 18.8. The first-order valence-corrected chi connectivity index (χ1v) is 28.7. The van der Waals surface area contributed by atoms with E-state index in [0.717, 1.165) is 52.3 Å². The van der Waals surface area contributed by atoms with Gasteiger partial charge in [0, 0.05) is 43.3 Å². The first-order valence-electron chi connectivity index (χ1n) is 28.7. The highest BCUT2D eigenvalue weighted by atomic mass is 16.2. The fourth-order valence-corrected chi connectivity index (χ4v) is 11.6. The molecule has 0 saturated carbocycles. The van der Waals surface area contributed by atoms with Crippen LogP contribution in [0.25, 0.3) is 10.8 Å². The summed E-state index contributed by atoms with van der Waals surface area (Å²) in [6, 6.07) is 31.7. The molecule has 0 radical (unpaired) electrons. The normalized spacial score (nSPS) is 19.5.